The Kier molecular flexibility index (Phi) is 4.71. The molecule has 3 nitrogen and oxygen atoms in total. The Morgan fingerprint density at radius 2 is 1.44 bits per heavy atom. The summed E-state index contributed by atoms with van der Waals surface area (Å²) in [7, 11) is 0. The van der Waals surface area contributed by atoms with Crippen molar-refractivity contribution in [1.29, 1.82) is 0 Å². The summed E-state index contributed by atoms with van der Waals surface area (Å²) in [6.07, 6.45) is 0.712. The van der Waals surface area contributed by atoms with Crippen molar-refractivity contribution in [2.45, 2.75) is 54.9 Å². The molecule has 0 saturated carbocycles. The molecule has 0 spiro atoms. The zero-order valence-corrected chi connectivity index (χ0v) is 11.5. The molecule has 0 amide bonds. The molecule has 0 atom stereocenters. The molecule has 0 fully saturated rings. The number of carbonyl (C=O) groups is 2. The largest absolute Gasteiger partial charge is 0.392 e. The summed E-state index contributed by atoms with van der Waals surface area (Å²) >= 11 is 0. The van der Waals surface area contributed by atoms with Crippen molar-refractivity contribution in [1.82, 2.24) is 0 Å². The number of rotatable bonds is 3. The molecule has 0 aromatic rings. The number of hydrogen-bond donors (Lipinski definition) is 0. The second-order valence-electron chi connectivity index (χ2n) is 6.41. The first-order valence-electron chi connectivity index (χ1n) is 5.73. The van der Waals surface area contributed by atoms with Crippen LogP contribution in [0.3, 0.4) is 0 Å². The molecule has 94 valence electrons. The summed E-state index contributed by atoms with van der Waals surface area (Å²) in [6.45, 7) is 12.9. The fraction of sp³-hybridized carbons (Fsp3) is 0.846. The van der Waals surface area contributed by atoms with E-state index in [9.17, 15) is 9.59 Å². The van der Waals surface area contributed by atoms with Crippen LogP contribution in [0.15, 0.2) is 0 Å². The normalized spacial score (nSPS) is 12.8. The Labute approximate surface area is 98.6 Å². The van der Waals surface area contributed by atoms with Gasteiger partial charge in [0.2, 0.25) is 0 Å². The van der Waals surface area contributed by atoms with E-state index in [4.69, 9.17) is 4.74 Å². The third kappa shape index (κ3) is 4.77. The van der Waals surface area contributed by atoms with E-state index in [1.165, 1.54) is 0 Å². The van der Waals surface area contributed by atoms with Crippen LogP contribution < -0.4 is 0 Å². The minimum atomic E-state index is -0.635. The molecular formula is C13H24O3. The fourth-order valence-corrected chi connectivity index (χ4v) is 1.48. The van der Waals surface area contributed by atoms with Gasteiger partial charge in [0.25, 0.3) is 0 Å². The van der Waals surface area contributed by atoms with Crippen LogP contribution in [-0.2, 0) is 14.3 Å². The van der Waals surface area contributed by atoms with Gasteiger partial charge >= 0.3 is 11.9 Å². The summed E-state index contributed by atoms with van der Waals surface area (Å²) in [6, 6.07) is 0. The summed E-state index contributed by atoms with van der Waals surface area (Å²) in [5, 5.41) is 0. The molecule has 0 saturated heterocycles. The van der Waals surface area contributed by atoms with Gasteiger partial charge in [-0.25, -0.2) is 0 Å². The Morgan fingerprint density at radius 3 is 1.75 bits per heavy atom. The van der Waals surface area contributed by atoms with E-state index in [1.54, 1.807) is 20.8 Å². The molecule has 0 radical (unpaired) electrons. The van der Waals surface area contributed by atoms with Crippen molar-refractivity contribution >= 4 is 11.9 Å². The van der Waals surface area contributed by atoms with Crippen molar-refractivity contribution in [3.8, 4) is 0 Å². The fourth-order valence-electron chi connectivity index (χ4n) is 1.48. The molecular weight excluding hydrogens is 204 g/mol. The van der Waals surface area contributed by atoms with Crippen LogP contribution in [0.4, 0.5) is 0 Å². The van der Waals surface area contributed by atoms with Crippen molar-refractivity contribution in [3.05, 3.63) is 0 Å². The molecule has 0 aromatic carbocycles. The van der Waals surface area contributed by atoms with Gasteiger partial charge in [-0.3, -0.25) is 9.59 Å². The average molecular weight is 228 g/mol. The number of ether oxygens (including phenoxy) is 1. The molecule has 0 aromatic heterocycles. The summed E-state index contributed by atoms with van der Waals surface area (Å²) in [5.41, 5.74) is -1.24. The second-order valence-corrected chi connectivity index (χ2v) is 6.41. The van der Waals surface area contributed by atoms with Crippen LogP contribution in [0.25, 0.3) is 0 Å². The first kappa shape index (κ1) is 15.1. The molecule has 0 unspecified atom stereocenters. The van der Waals surface area contributed by atoms with E-state index >= 15 is 0 Å². The highest BCUT2D eigenvalue weighted by atomic mass is 16.6. The lowest BCUT2D eigenvalue weighted by Gasteiger charge is -2.25. The monoisotopic (exact) mass is 228 g/mol. The van der Waals surface area contributed by atoms with Gasteiger partial charge in [0.1, 0.15) is 0 Å². The summed E-state index contributed by atoms with van der Waals surface area (Å²) in [4.78, 5) is 23.4. The van der Waals surface area contributed by atoms with E-state index in [2.05, 4.69) is 0 Å². The molecule has 0 aliphatic rings. The van der Waals surface area contributed by atoms with Gasteiger partial charge in [0.15, 0.2) is 0 Å². The summed E-state index contributed by atoms with van der Waals surface area (Å²) in [5.74, 6) is -0.497. The number of esters is 2. The standard InChI is InChI=1S/C13H24O3/c1-9(2)8-13(6,7)11(15)16-10(14)12(3,4)5/h9H,8H2,1-7H3. The highest BCUT2D eigenvalue weighted by Gasteiger charge is 2.34. The molecule has 0 aliphatic heterocycles. The van der Waals surface area contributed by atoms with Gasteiger partial charge in [0, 0.05) is 0 Å². The first-order chi connectivity index (χ1) is 6.97. The third-order valence-corrected chi connectivity index (χ3v) is 2.27. The maximum absolute atomic E-state index is 11.8. The van der Waals surface area contributed by atoms with E-state index in [0.717, 1.165) is 0 Å². The average Bonchev–Trinajstić information content (AvgIpc) is 1.99. The van der Waals surface area contributed by atoms with Crippen LogP contribution in [0.2, 0.25) is 0 Å². The third-order valence-electron chi connectivity index (χ3n) is 2.27. The van der Waals surface area contributed by atoms with E-state index in [0.29, 0.717) is 12.3 Å². The van der Waals surface area contributed by atoms with Crippen LogP contribution in [0.1, 0.15) is 54.9 Å². The van der Waals surface area contributed by atoms with Crippen molar-refractivity contribution in [2.75, 3.05) is 0 Å². The minimum Gasteiger partial charge on any atom is -0.392 e. The van der Waals surface area contributed by atoms with Gasteiger partial charge in [0.05, 0.1) is 10.8 Å². The lowest BCUT2D eigenvalue weighted by molar-refractivity contribution is -0.172. The molecule has 0 aliphatic carbocycles. The SMILES string of the molecule is CC(C)CC(C)(C)C(=O)OC(=O)C(C)(C)C. The smallest absolute Gasteiger partial charge is 0.319 e. The molecule has 3 heteroatoms. The Balaban J connectivity index is 4.53. The highest BCUT2D eigenvalue weighted by molar-refractivity contribution is 5.90. The maximum Gasteiger partial charge on any atom is 0.319 e. The van der Waals surface area contributed by atoms with Gasteiger partial charge in [-0.2, -0.15) is 0 Å². The van der Waals surface area contributed by atoms with Crippen molar-refractivity contribution < 1.29 is 14.3 Å². The first-order valence-corrected chi connectivity index (χ1v) is 5.73. The number of carbonyl (C=O) groups excluding carboxylic acids is 2. The molecule has 0 heterocycles. The van der Waals surface area contributed by atoms with Gasteiger partial charge in [-0.05, 0) is 47.0 Å². The lowest BCUT2D eigenvalue weighted by atomic mass is 9.84. The van der Waals surface area contributed by atoms with E-state index in [-0.39, 0.29) is 0 Å². The second kappa shape index (κ2) is 4.98. The topological polar surface area (TPSA) is 43.4 Å². The van der Waals surface area contributed by atoms with Gasteiger partial charge < -0.3 is 4.74 Å². The van der Waals surface area contributed by atoms with E-state index in [1.807, 2.05) is 27.7 Å². The molecule has 16 heavy (non-hydrogen) atoms. The van der Waals surface area contributed by atoms with Gasteiger partial charge in [-0.1, -0.05) is 13.8 Å². The van der Waals surface area contributed by atoms with Crippen LogP contribution in [0.5, 0.6) is 0 Å². The molecule has 0 bridgehead atoms. The van der Waals surface area contributed by atoms with Crippen molar-refractivity contribution in [3.63, 3.8) is 0 Å². The maximum atomic E-state index is 11.8. The van der Waals surface area contributed by atoms with E-state index < -0.39 is 22.8 Å². The van der Waals surface area contributed by atoms with Crippen LogP contribution >= 0.6 is 0 Å². The van der Waals surface area contributed by atoms with Crippen LogP contribution in [-0.4, -0.2) is 11.9 Å². The molecule has 0 rings (SSSR count). The minimum absolute atomic E-state index is 0.396. The summed E-state index contributed by atoms with van der Waals surface area (Å²) < 4.78 is 4.90. The Morgan fingerprint density at radius 1 is 1.00 bits per heavy atom. The van der Waals surface area contributed by atoms with Gasteiger partial charge in [-0.15, -0.1) is 0 Å². The predicted octanol–water partition coefficient (Wildman–Crippen LogP) is 3.17. The quantitative estimate of drug-likeness (QED) is 0.550. The zero-order chi connectivity index (χ0) is 13.1. The lowest BCUT2D eigenvalue weighted by Crippen LogP contribution is -2.34. The van der Waals surface area contributed by atoms with Crippen LogP contribution in [0, 0.1) is 16.7 Å². The zero-order valence-electron chi connectivity index (χ0n) is 11.5. The number of hydrogen-bond acceptors (Lipinski definition) is 3. The Bertz CT molecular complexity index is 269. The highest BCUT2D eigenvalue weighted by Crippen LogP contribution is 2.28. The van der Waals surface area contributed by atoms with Crippen molar-refractivity contribution in [2.24, 2.45) is 16.7 Å². The molecule has 0 N–H and O–H groups in total. The Hall–Kier alpha value is -0.860. The predicted molar refractivity (Wildman–Crippen MR) is 63.8 cm³/mol.